The average molecular weight is 702 g/mol. The SMILES string of the molecule is CCC(CC)(c1ccc(Oc2cnc(C(C)=O)cn2)cc1)c1ccc(O[C@H]2C[C@H](Nc3ccc4c(c3)C(=O)N(C3CCC(=O)NC3=O)C4=O)C2)cc1. The molecule has 2 aliphatic heterocycles. The van der Waals surface area contributed by atoms with Crippen LogP contribution in [-0.2, 0) is 15.0 Å². The highest BCUT2D eigenvalue weighted by molar-refractivity contribution is 6.23. The minimum atomic E-state index is -0.992. The van der Waals surface area contributed by atoms with Crippen molar-refractivity contribution in [2.45, 2.75) is 82.9 Å². The summed E-state index contributed by atoms with van der Waals surface area (Å²) >= 11 is 0. The fraction of sp³-hybridized carbons (Fsp3) is 0.325. The quantitative estimate of drug-likeness (QED) is 0.133. The molecule has 0 spiro atoms. The number of amides is 4. The van der Waals surface area contributed by atoms with Gasteiger partial charge in [-0.05, 0) is 72.9 Å². The highest BCUT2D eigenvalue weighted by atomic mass is 16.5. The normalized spacial score (nSPS) is 19.8. The lowest BCUT2D eigenvalue weighted by Gasteiger charge is -2.37. The van der Waals surface area contributed by atoms with E-state index >= 15 is 0 Å². The Bertz CT molecular complexity index is 2040. The molecule has 1 unspecified atom stereocenters. The van der Waals surface area contributed by atoms with Crippen LogP contribution in [0.15, 0.2) is 79.1 Å². The van der Waals surface area contributed by atoms with Crippen LogP contribution < -0.4 is 20.1 Å². The molecule has 2 fully saturated rings. The fourth-order valence-corrected chi connectivity index (χ4v) is 7.37. The Kier molecular flexibility index (Phi) is 9.31. The van der Waals surface area contributed by atoms with Gasteiger partial charge in [-0.1, -0.05) is 38.1 Å². The van der Waals surface area contributed by atoms with Crippen LogP contribution in [0.5, 0.6) is 17.4 Å². The van der Waals surface area contributed by atoms with Gasteiger partial charge in [-0.25, -0.2) is 9.97 Å². The summed E-state index contributed by atoms with van der Waals surface area (Å²) in [4.78, 5) is 70.9. The number of hydrogen-bond donors (Lipinski definition) is 2. The van der Waals surface area contributed by atoms with Gasteiger partial charge in [0.25, 0.3) is 11.8 Å². The molecule has 4 amide bonds. The molecule has 266 valence electrons. The van der Waals surface area contributed by atoms with Crippen LogP contribution in [0, 0.1) is 0 Å². The number of carbonyl (C=O) groups is 5. The summed E-state index contributed by atoms with van der Waals surface area (Å²) in [7, 11) is 0. The zero-order chi connectivity index (χ0) is 36.6. The van der Waals surface area contributed by atoms with Gasteiger partial charge in [0.05, 0.1) is 23.5 Å². The van der Waals surface area contributed by atoms with Crippen LogP contribution in [-0.4, -0.2) is 62.5 Å². The number of nitrogens with zero attached hydrogens (tertiary/aromatic N) is 3. The van der Waals surface area contributed by atoms with Gasteiger partial charge in [-0.2, -0.15) is 0 Å². The van der Waals surface area contributed by atoms with Gasteiger partial charge < -0.3 is 14.8 Å². The van der Waals surface area contributed by atoms with Crippen LogP contribution in [0.25, 0.3) is 0 Å². The van der Waals surface area contributed by atoms with Crippen molar-refractivity contribution in [3.8, 4) is 17.4 Å². The average Bonchev–Trinajstić information content (AvgIpc) is 3.37. The number of ether oxygens (including phenoxy) is 2. The van der Waals surface area contributed by atoms with Crippen LogP contribution in [0.1, 0.15) is 102 Å². The number of aromatic nitrogens is 2. The number of fused-ring (bicyclic) bond motifs is 1. The van der Waals surface area contributed by atoms with Crippen molar-refractivity contribution < 1.29 is 33.4 Å². The molecule has 0 radical (unpaired) electrons. The van der Waals surface area contributed by atoms with Crippen molar-refractivity contribution in [1.82, 2.24) is 20.2 Å². The zero-order valence-corrected chi connectivity index (χ0v) is 29.2. The maximum absolute atomic E-state index is 13.2. The summed E-state index contributed by atoms with van der Waals surface area (Å²) in [5, 5.41) is 5.66. The summed E-state index contributed by atoms with van der Waals surface area (Å²) in [6, 6.07) is 20.5. The topological polar surface area (TPSA) is 157 Å². The number of rotatable bonds is 12. The van der Waals surface area contributed by atoms with E-state index in [2.05, 4.69) is 58.7 Å². The maximum Gasteiger partial charge on any atom is 0.262 e. The molecule has 52 heavy (non-hydrogen) atoms. The number of hydrogen-bond acceptors (Lipinski definition) is 10. The molecule has 1 aromatic heterocycles. The third kappa shape index (κ3) is 6.52. The maximum atomic E-state index is 13.2. The number of carbonyl (C=O) groups excluding carboxylic acids is 5. The van der Waals surface area contributed by atoms with Gasteiger partial charge in [0.2, 0.25) is 17.7 Å². The van der Waals surface area contributed by atoms with Crippen molar-refractivity contribution in [1.29, 1.82) is 0 Å². The highest BCUT2D eigenvalue weighted by Gasteiger charge is 2.45. The number of imide groups is 2. The Morgan fingerprint density at radius 2 is 1.52 bits per heavy atom. The smallest absolute Gasteiger partial charge is 0.262 e. The molecule has 3 aliphatic rings. The van der Waals surface area contributed by atoms with Crippen LogP contribution in [0.4, 0.5) is 5.69 Å². The van der Waals surface area contributed by atoms with Crippen LogP contribution in [0.3, 0.4) is 0 Å². The first-order valence-corrected chi connectivity index (χ1v) is 17.6. The summed E-state index contributed by atoms with van der Waals surface area (Å²) in [6.45, 7) is 5.82. The molecule has 1 aliphatic carbocycles. The van der Waals surface area contributed by atoms with Gasteiger partial charge >= 0.3 is 0 Å². The summed E-state index contributed by atoms with van der Waals surface area (Å²) in [6.07, 6.45) is 6.41. The molecule has 3 aromatic carbocycles. The van der Waals surface area contributed by atoms with Crippen LogP contribution >= 0.6 is 0 Å². The highest BCUT2D eigenvalue weighted by Crippen LogP contribution is 2.41. The van der Waals surface area contributed by atoms with E-state index in [4.69, 9.17) is 9.47 Å². The monoisotopic (exact) mass is 701 g/mol. The first-order valence-electron chi connectivity index (χ1n) is 17.6. The Hall–Kier alpha value is -5.91. The number of Topliss-reactive ketones (excluding diaryl/α,β-unsaturated/α-hetero) is 1. The Labute approximate surface area is 300 Å². The van der Waals surface area contributed by atoms with E-state index in [1.54, 1.807) is 18.2 Å². The van der Waals surface area contributed by atoms with E-state index in [-0.39, 0.29) is 47.3 Å². The van der Waals surface area contributed by atoms with Gasteiger partial charge in [-0.3, -0.25) is 34.2 Å². The van der Waals surface area contributed by atoms with Crippen LogP contribution in [0.2, 0.25) is 0 Å². The second kappa shape index (κ2) is 14.0. The zero-order valence-electron chi connectivity index (χ0n) is 29.2. The van der Waals surface area contributed by atoms with Gasteiger partial charge in [0.1, 0.15) is 29.3 Å². The Morgan fingerprint density at radius 1 is 0.865 bits per heavy atom. The number of nitrogens with one attached hydrogen (secondary N) is 2. The van der Waals surface area contributed by atoms with Gasteiger partial charge in [-0.15, -0.1) is 0 Å². The van der Waals surface area contributed by atoms with E-state index < -0.39 is 29.7 Å². The molecular weight excluding hydrogens is 662 g/mol. The number of piperidine rings is 1. The molecule has 2 N–H and O–H groups in total. The van der Waals surface area contributed by atoms with E-state index in [0.29, 0.717) is 23.0 Å². The predicted molar refractivity (Wildman–Crippen MR) is 191 cm³/mol. The number of benzene rings is 3. The Morgan fingerprint density at radius 3 is 2.12 bits per heavy atom. The van der Waals surface area contributed by atoms with Crippen molar-refractivity contribution in [3.05, 3.63) is 107 Å². The fourth-order valence-electron chi connectivity index (χ4n) is 7.37. The standard InChI is InChI=1S/C40H39N5O7/c1-4-40(5-2,25-8-13-29(14-9-25)52-36-22-41-33(21-42-36)23(3)46)24-6-11-28(12-7-24)51-30-18-27(19-30)43-26-10-15-31-32(20-26)39(50)45(38(31)49)34-16-17-35(47)44-37(34)48/h6-15,20-22,27,30,34,43H,4-5,16-19H2,1-3H3,(H,44,47,48)/t27-,30-,34?. The molecule has 7 rings (SSSR count). The number of anilines is 1. The summed E-state index contributed by atoms with van der Waals surface area (Å²) in [5.74, 6) is -0.491. The lowest BCUT2D eigenvalue weighted by Crippen LogP contribution is -2.54. The molecule has 1 saturated heterocycles. The van der Waals surface area contributed by atoms with E-state index in [0.717, 1.165) is 36.3 Å². The van der Waals surface area contributed by atoms with E-state index in [1.807, 2.05) is 24.3 Å². The minimum absolute atomic E-state index is 0.0296. The first kappa shape index (κ1) is 34.5. The minimum Gasteiger partial charge on any atom is -0.490 e. The molecule has 0 bridgehead atoms. The third-order valence-corrected chi connectivity index (χ3v) is 10.4. The van der Waals surface area contributed by atoms with E-state index in [1.165, 1.54) is 30.4 Å². The van der Waals surface area contributed by atoms with Gasteiger partial charge in [0.15, 0.2) is 5.78 Å². The first-order chi connectivity index (χ1) is 25.1. The molecule has 12 nitrogen and oxygen atoms in total. The van der Waals surface area contributed by atoms with Gasteiger partial charge in [0, 0.05) is 43.3 Å². The number of ketones is 1. The molecule has 1 atom stereocenters. The van der Waals surface area contributed by atoms with Crippen molar-refractivity contribution in [2.75, 3.05) is 5.32 Å². The second-order valence-electron chi connectivity index (χ2n) is 13.5. The molecule has 3 heterocycles. The lowest BCUT2D eigenvalue weighted by atomic mass is 9.70. The van der Waals surface area contributed by atoms with E-state index in [9.17, 15) is 24.0 Å². The lowest BCUT2D eigenvalue weighted by molar-refractivity contribution is -0.136. The van der Waals surface area contributed by atoms with Crippen molar-refractivity contribution >= 4 is 35.1 Å². The molecule has 4 aromatic rings. The third-order valence-electron chi connectivity index (χ3n) is 10.4. The van der Waals surface area contributed by atoms with Crippen molar-refractivity contribution in [2.24, 2.45) is 0 Å². The second-order valence-corrected chi connectivity index (χ2v) is 13.5. The summed E-state index contributed by atoms with van der Waals surface area (Å²) < 4.78 is 12.2. The molecule has 12 heteroatoms. The van der Waals surface area contributed by atoms with Crippen molar-refractivity contribution in [3.63, 3.8) is 0 Å². The molecular formula is C40H39N5O7. The summed E-state index contributed by atoms with van der Waals surface area (Å²) in [5.41, 5.74) is 3.67. The molecule has 1 saturated carbocycles. The predicted octanol–water partition coefficient (Wildman–Crippen LogP) is 6.00. The Balaban J connectivity index is 0.941. The largest absolute Gasteiger partial charge is 0.490 e.